The first kappa shape index (κ1) is 16.1. The molecule has 1 rings (SSSR count). The highest BCUT2D eigenvalue weighted by molar-refractivity contribution is 6.33. The summed E-state index contributed by atoms with van der Waals surface area (Å²) in [6.07, 6.45) is 0.985. The monoisotopic (exact) mass is 287 g/mol. The summed E-state index contributed by atoms with van der Waals surface area (Å²) in [5.74, 6) is 1.23. The smallest absolute Gasteiger partial charge is 0.179 e. The van der Waals surface area contributed by atoms with E-state index < -0.39 is 0 Å². The summed E-state index contributed by atoms with van der Waals surface area (Å²) in [4.78, 5) is 0. The van der Waals surface area contributed by atoms with E-state index in [4.69, 9.17) is 25.8 Å². The zero-order valence-electron chi connectivity index (χ0n) is 11.8. The molecule has 0 bridgehead atoms. The van der Waals surface area contributed by atoms with Crippen molar-refractivity contribution >= 4 is 11.6 Å². The van der Waals surface area contributed by atoms with Gasteiger partial charge in [-0.05, 0) is 31.5 Å². The maximum atomic E-state index is 6.29. The zero-order chi connectivity index (χ0) is 14.1. The SMILES string of the molecule is CCOCCCNCc1ccc(OC)c(OC)c1Cl. The maximum Gasteiger partial charge on any atom is 0.179 e. The van der Waals surface area contributed by atoms with E-state index in [2.05, 4.69) is 5.32 Å². The fourth-order valence-electron chi connectivity index (χ4n) is 1.73. The molecule has 0 aliphatic rings. The van der Waals surface area contributed by atoms with Crippen molar-refractivity contribution in [1.82, 2.24) is 5.32 Å². The van der Waals surface area contributed by atoms with Crippen LogP contribution in [0.2, 0.25) is 5.02 Å². The lowest BCUT2D eigenvalue weighted by Gasteiger charge is -2.13. The van der Waals surface area contributed by atoms with E-state index in [9.17, 15) is 0 Å². The van der Waals surface area contributed by atoms with Gasteiger partial charge in [0.2, 0.25) is 0 Å². The normalized spacial score (nSPS) is 10.5. The Hall–Kier alpha value is -0.970. The average Bonchev–Trinajstić information content (AvgIpc) is 2.43. The number of ether oxygens (including phenoxy) is 3. The molecule has 0 aliphatic heterocycles. The summed E-state index contributed by atoms with van der Waals surface area (Å²) < 4.78 is 15.7. The maximum absolute atomic E-state index is 6.29. The third-order valence-corrected chi connectivity index (χ3v) is 3.14. The molecule has 0 radical (unpaired) electrons. The second kappa shape index (κ2) is 9.02. The summed E-state index contributed by atoms with van der Waals surface area (Å²) in [5, 5.41) is 3.93. The van der Waals surface area contributed by atoms with E-state index >= 15 is 0 Å². The molecule has 0 heterocycles. The van der Waals surface area contributed by atoms with Crippen molar-refractivity contribution < 1.29 is 14.2 Å². The molecule has 0 aromatic heterocycles. The first-order valence-electron chi connectivity index (χ1n) is 6.42. The number of benzene rings is 1. The summed E-state index contributed by atoms with van der Waals surface area (Å²) >= 11 is 6.29. The topological polar surface area (TPSA) is 39.7 Å². The molecular formula is C14H22ClNO3. The van der Waals surface area contributed by atoms with Gasteiger partial charge in [-0.25, -0.2) is 0 Å². The summed E-state index contributed by atoms with van der Waals surface area (Å²) in [7, 11) is 3.18. The van der Waals surface area contributed by atoms with E-state index in [1.807, 2.05) is 19.1 Å². The Morgan fingerprint density at radius 3 is 2.63 bits per heavy atom. The molecule has 1 N–H and O–H groups in total. The van der Waals surface area contributed by atoms with Crippen LogP contribution in [0.5, 0.6) is 11.5 Å². The number of halogens is 1. The van der Waals surface area contributed by atoms with E-state index in [1.54, 1.807) is 14.2 Å². The Morgan fingerprint density at radius 2 is 2.00 bits per heavy atom. The van der Waals surface area contributed by atoms with Crippen LogP contribution in [0, 0.1) is 0 Å². The Morgan fingerprint density at radius 1 is 1.21 bits per heavy atom. The average molecular weight is 288 g/mol. The third kappa shape index (κ3) is 4.90. The predicted molar refractivity (Wildman–Crippen MR) is 77.4 cm³/mol. The van der Waals surface area contributed by atoms with Crippen molar-refractivity contribution in [2.75, 3.05) is 34.0 Å². The lowest BCUT2D eigenvalue weighted by Crippen LogP contribution is -2.16. The van der Waals surface area contributed by atoms with Crippen molar-refractivity contribution in [3.05, 3.63) is 22.7 Å². The van der Waals surface area contributed by atoms with Gasteiger partial charge in [0.25, 0.3) is 0 Å². The lowest BCUT2D eigenvalue weighted by molar-refractivity contribution is 0.144. The van der Waals surface area contributed by atoms with Crippen LogP contribution in [-0.2, 0) is 11.3 Å². The zero-order valence-corrected chi connectivity index (χ0v) is 12.5. The molecular weight excluding hydrogens is 266 g/mol. The van der Waals surface area contributed by atoms with Gasteiger partial charge in [-0.15, -0.1) is 0 Å². The van der Waals surface area contributed by atoms with Crippen LogP contribution < -0.4 is 14.8 Å². The van der Waals surface area contributed by atoms with E-state index in [0.29, 0.717) is 23.1 Å². The second-order valence-corrected chi connectivity index (χ2v) is 4.38. The molecule has 1 aromatic rings. The van der Waals surface area contributed by atoms with Crippen molar-refractivity contribution in [2.45, 2.75) is 19.9 Å². The van der Waals surface area contributed by atoms with Gasteiger partial charge < -0.3 is 19.5 Å². The number of methoxy groups -OCH3 is 2. The molecule has 0 aliphatic carbocycles. The van der Waals surface area contributed by atoms with Gasteiger partial charge in [0.15, 0.2) is 11.5 Å². The molecule has 4 nitrogen and oxygen atoms in total. The van der Waals surface area contributed by atoms with E-state index in [0.717, 1.165) is 31.7 Å². The van der Waals surface area contributed by atoms with Gasteiger partial charge in [-0.1, -0.05) is 17.7 Å². The summed E-state index contributed by atoms with van der Waals surface area (Å²) in [6, 6.07) is 3.81. The number of rotatable bonds is 9. The highest BCUT2D eigenvalue weighted by Crippen LogP contribution is 2.37. The molecule has 0 spiro atoms. The van der Waals surface area contributed by atoms with Crippen LogP contribution in [-0.4, -0.2) is 34.0 Å². The molecule has 0 unspecified atom stereocenters. The molecule has 5 heteroatoms. The Kier molecular flexibility index (Phi) is 7.63. The summed E-state index contributed by atoms with van der Waals surface area (Å²) in [5.41, 5.74) is 0.996. The van der Waals surface area contributed by atoms with E-state index in [1.165, 1.54) is 0 Å². The minimum atomic E-state index is 0.581. The van der Waals surface area contributed by atoms with Crippen LogP contribution in [0.25, 0.3) is 0 Å². The van der Waals surface area contributed by atoms with Crippen LogP contribution >= 0.6 is 11.6 Å². The van der Waals surface area contributed by atoms with Crippen LogP contribution in [0.3, 0.4) is 0 Å². The highest BCUT2D eigenvalue weighted by Gasteiger charge is 2.12. The fourth-order valence-corrected chi connectivity index (χ4v) is 2.03. The van der Waals surface area contributed by atoms with E-state index in [-0.39, 0.29) is 0 Å². The molecule has 0 saturated heterocycles. The molecule has 0 amide bonds. The molecule has 108 valence electrons. The molecule has 1 aromatic carbocycles. The van der Waals surface area contributed by atoms with Gasteiger partial charge in [0.1, 0.15) is 0 Å². The van der Waals surface area contributed by atoms with Crippen LogP contribution in [0.15, 0.2) is 12.1 Å². The first-order chi connectivity index (χ1) is 9.24. The van der Waals surface area contributed by atoms with Crippen molar-refractivity contribution in [2.24, 2.45) is 0 Å². The fraction of sp³-hybridized carbons (Fsp3) is 0.571. The van der Waals surface area contributed by atoms with Crippen LogP contribution in [0.4, 0.5) is 0 Å². The Bertz CT molecular complexity index is 385. The van der Waals surface area contributed by atoms with Crippen molar-refractivity contribution in [1.29, 1.82) is 0 Å². The minimum Gasteiger partial charge on any atom is -0.493 e. The third-order valence-electron chi connectivity index (χ3n) is 2.73. The highest BCUT2D eigenvalue weighted by atomic mass is 35.5. The van der Waals surface area contributed by atoms with Gasteiger partial charge in [-0.2, -0.15) is 0 Å². The number of hydrogen-bond donors (Lipinski definition) is 1. The number of hydrogen-bond acceptors (Lipinski definition) is 4. The van der Waals surface area contributed by atoms with Gasteiger partial charge in [0, 0.05) is 19.8 Å². The van der Waals surface area contributed by atoms with Gasteiger partial charge >= 0.3 is 0 Å². The largest absolute Gasteiger partial charge is 0.493 e. The lowest BCUT2D eigenvalue weighted by atomic mass is 10.2. The van der Waals surface area contributed by atoms with Gasteiger partial charge in [-0.3, -0.25) is 0 Å². The number of nitrogens with one attached hydrogen (secondary N) is 1. The molecule has 0 fully saturated rings. The molecule has 19 heavy (non-hydrogen) atoms. The van der Waals surface area contributed by atoms with Crippen molar-refractivity contribution in [3.8, 4) is 11.5 Å². The Balaban J connectivity index is 2.50. The van der Waals surface area contributed by atoms with Crippen LogP contribution in [0.1, 0.15) is 18.9 Å². The molecule has 0 atom stereocenters. The van der Waals surface area contributed by atoms with Crippen molar-refractivity contribution in [3.63, 3.8) is 0 Å². The Labute approximate surface area is 120 Å². The quantitative estimate of drug-likeness (QED) is 0.709. The standard InChI is InChI=1S/C14H22ClNO3/c1-4-19-9-5-8-16-10-11-6-7-12(17-2)14(18-3)13(11)15/h6-7,16H,4-5,8-10H2,1-3H3. The van der Waals surface area contributed by atoms with Gasteiger partial charge in [0.05, 0.1) is 19.2 Å². The molecule has 0 saturated carbocycles. The minimum absolute atomic E-state index is 0.581. The predicted octanol–water partition coefficient (Wildman–Crippen LogP) is 2.87. The second-order valence-electron chi connectivity index (χ2n) is 4.00. The first-order valence-corrected chi connectivity index (χ1v) is 6.80. The summed E-state index contributed by atoms with van der Waals surface area (Å²) in [6.45, 7) is 5.14.